The van der Waals surface area contributed by atoms with Crippen LogP contribution in [0.3, 0.4) is 0 Å². The molecule has 1 unspecified atom stereocenters. The van der Waals surface area contributed by atoms with E-state index < -0.39 is 17.7 Å². The van der Waals surface area contributed by atoms with E-state index in [9.17, 15) is 19.1 Å². The van der Waals surface area contributed by atoms with Gasteiger partial charge in [0, 0.05) is 11.3 Å². The van der Waals surface area contributed by atoms with Crippen molar-refractivity contribution in [3.63, 3.8) is 0 Å². The lowest BCUT2D eigenvalue weighted by molar-refractivity contribution is -0.132. The number of ketones is 1. The second-order valence-corrected chi connectivity index (χ2v) is 12.8. The maximum atomic E-state index is 14.1. The number of rotatable bonds is 9. The number of hydrogen-bond acceptors (Lipinski definition) is 8. The number of carbonyl (C=O) groups is 2. The second-order valence-electron chi connectivity index (χ2n) is 10.6. The normalized spacial score (nSPS) is 15.9. The van der Waals surface area contributed by atoms with E-state index in [1.165, 1.54) is 22.7 Å². The van der Waals surface area contributed by atoms with Crippen molar-refractivity contribution < 1.29 is 23.8 Å². The zero-order valence-electron chi connectivity index (χ0n) is 24.4. The molecule has 1 aromatic heterocycles. The highest BCUT2D eigenvalue weighted by atomic mass is 32.2. The molecule has 0 radical (unpaired) electrons. The van der Waals surface area contributed by atoms with Crippen molar-refractivity contribution in [1.29, 1.82) is 0 Å². The minimum absolute atomic E-state index is 0.0481. The van der Waals surface area contributed by atoms with Gasteiger partial charge in [-0.05, 0) is 60.9 Å². The quantitative estimate of drug-likeness (QED) is 0.0580. The number of aliphatic hydroxyl groups excluding tert-OH is 1. The van der Waals surface area contributed by atoms with Crippen LogP contribution in [0.25, 0.3) is 5.76 Å². The van der Waals surface area contributed by atoms with Gasteiger partial charge in [0.2, 0.25) is 5.13 Å². The highest BCUT2D eigenvalue weighted by molar-refractivity contribution is 8.00. The number of ether oxygens (including phenoxy) is 1. The Morgan fingerprint density at radius 1 is 0.933 bits per heavy atom. The largest absolute Gasteiger partial charge is 0.507 e. The Balaban J connectivity index is 1.30. The highest BCUT2D eigenvalue weighted by Gasteiger charge is 2.48. The molecule has 1 fully saturated rings. The van der Waals surface area contributed by atoms with Crippen molar-refractivity contribution in [2.24, 2.45) is 0 Å². The molecule has 0 saturated carbocycles. The van der Waals surface area contributed by atoms with Gasteiger partial charge in [-0.2, -0.15) is 0 Å². The molecule has 45 heavy (non-hydrogen) atoms. The van der Waals surface area contributed by atoms with Crippen molar-refractivity contribution in [3.8, 4) is 5.75 Å². The lowest BCUT2D eigenvalue weighted by Crippen LogP contribution is -2.29. The predicted molar refractivity (Wildman–Crippen MR) is 174 cm³/mol. The zero-order chi connectivity index (χ0) is 31.5. The highest BCUT2D eigenvalue weighted by Crippen LogP contribution is 2.44. The summed E-state index contributed by atoms with van der Waals surface area (Å²) in [5.41, 5.74) is 4.65. The molecule has 1 amide bonds. The van der Waals surface area contributed by atoms with Crippen LogP contribution in [0, 0.1) is 19.7 Å². The van der Waals surface area contributed by atoms with Crippen molar-refractivity contribution in [1.82, 2.24) is 10.2 Å². The molecule has 1 N–H and O–H groups in total. The zero-order valence-corrected chi connectivity index (χ0v) is 26.1. The van der Waals surface area contributed by atoms with Gasteiger partial charge >= 0.3 is 5.91 Å². The molecule has 0 spiro atoms. The number of aliphatic hydroxyl groups is 1. The molecule has 1 aliphatic heterocycles. The molecule has 5 aromatic rings. The lowest BCUT2D eigenvalue weighted by atomic mass is 9.95. The van der Waals surface area contributed by atoms with E-state index in [0.717, 1.165) is 28.0 Å². The number of carbonyl (C=O) groups excluding carboxylic acids is 2. The maximum absolute atomic E-state index is 14.1. The third-order valence-electron chi connectivity index (χ3n) is 7.36. The van der Waals surface area contributed by atoms with Crippen LogP contribution in [0.4, 0.5) is 9.52 Å². The van der Waals surface area contributed by atoms with E-state index in [1.54, 1.807) is 42.5 Å². The molecule has 1 saturated heterocycles. The van der Waals surface area contributed by atoms with E-state index in [-0.39, 0.29) is 22.3 Å². The van der Waals surface area contributed by atoms with Gasteiger partial charge in [-0.25, -0.2) is 4.39 Å². The Morgan fingerprint density at radius 2 is 1.69 bits per heavy atom. The molecule has 0 bridgehead atoms. The number of aryl methyl sites for hydroxylation is 2. The van der Waals surface area contributed by atoms with Gasteiger partial charge in [0.1, 0.15) is 23.9 Å². The molecule has 1 aliphatic rings. The summed E-state index contributed by atoms with van der Waals surface area (Å²) in [7, 11) is 0. The Labute approximate surface area is 268 Å². The van der Waals surface area contributed by atoms with Gasteiger partial charge in [0.05, 0.1) is 11.6 Å². The van der Waals surface area contributed by atoms with E-state index in [1.807, 2.05) is 62.4 Å². The van der Waals surface area contributed by atoms with Crippen molar-refractivity contribution in [3.05, 3.63) is 142 Å². The van der Waals surface area contributed by atoms with Crippen molar-refractivity contribution in [2.45, 2.75) is 36.6 Å². The van der Waals surface area contributed by atoms with E-state index in [2.05, 4.69) is 10.2 Å². The fourth-order valence-corrected chi connectivity index (χ4v) is 6.89. The Kier molecular flexibility index (Phi) is 8.77. The molecule has 0 aliphatic carbocycles. The van der Waals surface area contributed by atoms with Crippen LogP contribution in [0.5, 0.6) is 5.75 Å². The van der Waals surface area contributed by atoms with Gasteiger partial charge in [-0.1, -0.05) is 101 Å². The first-order chi connectivity index (χ1) is 21.8. The summed E-state index contributed by atoms with van der Waals surface area (Å²) in [5.74, 6) is -1.34. The fraction of sp³-hybridized carbons (Fsp3) is 0.143. The first kappa shape index (κ1) is 30.2. The van der Waals surface area contributed by atoms with Gasteiger partial charge < -0.3 is 9.84 Å². The summed E-state index contributed by atoms with van der Waals surface area (Å²) in [5, 5.41) is 20.1. The molecule has 4 aromatic carbocycles. The topological polar surface area (TPSA) is 92.6 Å². The minimum Gasteiger partial charge on any atom is -0.507 e. The minimum atomic E-state index is -0.930. The Bertz CT molecular complexity index is 1910. The first-order valence-corrected chi connectivity index (χ1v) is 15.9. The van der Waals surface area contributed by atoms with E-state index >= 15 is 0 Å². The number of thioether (sulfide) groups is 1. The molecule has 226 valence electrons. The second kappa shape index (κ2) is 13.1. The van der Waals surface area contributed by atoms with E-state index in [0.29, 0.717) is 39.1 Å². The van der Waals surface area contributed by atoms with Gasteiger partial charge in [-0.15, -0.1) is 10.2 Å². The number of halogens is 1. The molecular formula is C35H28FN3O4S2. The summed E-state index contributed by atoms with van der Waals surface area (Å²) >= 11 is 2.41. The third-order valence-corrected chi connectivity index (χ3v) is 9.47. The van der Waals surface area contributed by atoms with Crippen LogP contribution in [0.1, 0.15) is 39.4 Å². The monoisotopic (exact) mass is 637 g/mol. The Hall–Kier alpha value is -4.80. The Morgan fingerprint density at radius 3 is 2.42 bits per heavy atom. The van der Waals surface area contributed by atoms with Crippen molar-refractivity contribution >= 4 is 45.7 Å². The molecule has 7 nitrogen and oxygen atoms in total. The summed E-state index contributed by atoms with van der Waals surface area (Å²) in [6, 6.07) is 27.7. The number of benzene rings is 4. The van der Waals surface area contributed by atoms with Crippen LogP contribution in [0.2, 0.25) is 0 Å². The predicted octanol–water partition coefficient (Wildman–Crippen LogP) is 7.79. The van der Waals surface area contributed by atoms with Gasteiger partial charge in [0.15, 0.2) is 4.34 Å². The van der Waals surface area contributed by atoms with Crippen LogP contribution in [0.15, 0.2) is 107 Å². The fourth-order valence-electron chi connectivity index (χ4n) is 5.04. The summed E-state index contributed by atoms with van der Waals surface area (Å²) in [4.78, 5) is 28.3. The van der Waals surface area contributed by atoms with Crippen LogP contribution in [-0.4, -0.2) is 27.0 Å². The number of amides is 1. The summed E-state index contributed by atoms with van der Waals surface area (Å²) < 4.78 is 20.6. The van der Waals surface area contributed by atoms with Gasteiger partial charge in [0.25, 0.3) is 5.78 Å². The number of nitrogens with zero attached hydrogens (tertiary/aromatic N) is 3. The SMILES string of the molecule is Cc1ccc(C2/C(=C(\O)c3ccc(OCc4cccc(C)c4)cc3)C(=O)C(=O)N2c2nnc(SCc3ccccc3F)s2)cc1. The molecule has 2 heterocycles. The summed E-state index contributed by atoms with van der Waals surface area (Å²) in [6.07, 6.45) is 0. The lowest BCUT2D eigenvalue weighted by Gasteiger charge is -2.22. The average Bonchev–Trinajstić information content (AvgIpc) is 3.61. The standard InChI is InChI=1S/C35H28FN3O4S2/c1-21-10-12-24(13-11-21)30-29(31(40)25-14-16-27(17-15-25)43-19-23-7-5-6-22(2)18-23)32(41)33(42)39(30)34-37-38-35(45-34)44-20-26-8-3-4-9-28(26)36/h3-18,30,40H,19-20H2,1-2H3/b31-29+. The maximum Gasteiger partial charge on any atom is 0.301 e. The number of Topliss-reactive ketones (excluding diaryl/α,β-unsaturated/α-hetero) is 1. The molecule has 6 rings (SSSR count). The van der Waals surface area contributed by atoms with Gasteiger partial charge in [-0.3, -0.25) is 14.5 Å². The molecule has 10 heteroatoms. The molecular weight excluding hydrogens is 610 g/mol. The number of aromatic nitrogens is 2. The van der Waals surface area contributed by atoms with Crippen molar-refractivity contribution in [2.75, 3.05) is 4.90 Å². The van der Waals surface area contributed by atoms with Crippen LogP contribution in [-0.2, 0) is 21.9 Å². The number of anilines is 1. The summed E-state index contributed by atoms with van der Waals surface area (Å²) in [6.45, 7) is 4.34. The van der Waals surface area contributed by atoms with Crippen LogP contribution < -0.4 is 9.64 Å². The smallest absolute Gasteiger partial charge is 0.301 e. The number of hydrogen-bond donors (Lipinski definition) is 1. The third kappa shape index (κ3) is 6.52. The average molecular weight is 638 g/mol. The molecule has 1 atom stereocenters. The van der Waals surface area contributed by atoms with Crippen LogP contribution >= 0.6 is 23.1 Å². The van der Waals surface area contributed by atoms with E-state index in [4.69, 9.17) is 4.74 Å². The first-order valence-electron chi connectivity index (χ1n) is 14.1.